The topological polar surface area (TPSA) is 54.0 Å². The Morgan fingerprint density at radius 2 is 1.86 bits per heavy atom. The van der Waals surface area contributed by atoms with Gasteiger partial charge in [-0.1, -0.05) is 35.9 Å². The number of halogens is 1. The maximum Gasteiger partial charge on any atom is 0.229 e. The van der Waals surface area contributed by atoms with Gasteiger partial charge >= 0.3 is 0 Å². The van der Waals surface area contributed by atoms with Crippen molar-refractivity contribution in [1.29, 1.82) is 0 Å². The molecule has 140 valence electrons. The number of carbonyl (C=O) groups is 1. The van der Waals surface area contributed by atoms with Gasteiger partial charge in [-0.15, -0.1) is 22.7 Å². The van der Waals surface area contributed by atoms with E-state index in [9.17, 15) is 4.79 Å². The molecule has 7 heteroatoms. The number of hydrogen-bond donors (Lipinski definition) is 2. The van der Waals surface area contributed by atoms with Gasteiger partial charge in [0.1, 0.15) is 0 Å². The lowest BCUT2D eigenvalue weighted by Gasteiger charge is -2.05. The lowest BCUT2D eigenvalue weighted by molar-refractivity contribution is -0.115. The molecule has 0 saturated heterocycles. The van der Waals surface area contributed by atoms with Crippen molar-refractivity contribution in [2.24, 2.45) is 0 Å². The van der Waals surface area contributed by atoms with Gasteiger partial charge in [0.05, 0.1) is 12.1 Å². The first-order valence-electron chi connectivity index (χ1n) is 8.56. The minimum Gasteiger partial charge on any atom is -0.331 e. The third-order valence-corrected chi connectivity index (χ3v) is 5.83. The fourth-order valence-electron chi connectivity index (χ4n) is 2.65. The number of rotatable bonds is 6. The molecule has 0 unspecified atom stereocenters. The monoisotopic (exact) mass is 425 g/mol. The van der Waals surface area contributed by atoms with Crippen LogP contribution < -0.4 is 10.6 Å². The summed E-state index contributed by atoms with van der Waals surface area (Å²) in [6.07, 6.45) is 0.393. The number of aromatic nitrogens is 1. The highest BCUT2D eigenvalue weighted by molar-refractivity contribution is 7.14. The molecule has 0 aliphatic rings. The number of nitrogens with one attached hydrogen (secondary N) is 2. The molecule has 28 heavy (non-hydrogen) atoms. The molecule has 1 amide bonds. The molecule has 2 N–H and O–H groups in total. The van der Waals surface area contributed by atoms with E-state index in [1.54, 1.807) is 11.3 Å². The zero-order chi connectivity index (χ0) is 19.3. The summed E-state index contributed by atoms with van der Waals surface area (Å²) in [6.45, 7) is 0. The van der Waals surface area contributed by atoms with E-state index in [2.05, 4.69) is 15.6 Å². The molecule has 0 atom stereocenters. The van der Waals surface area contributed by atoms with Gasteiger partial charge in [0.15, 0.2) is 5.13 Å². The highest BCUT2D eigenvalue weighted by Gasteiger charge is 2.08. The lowest BCUT2D eigenvalue weighted by atomic mass is 10.1. The van der Waals surface area contributed by atoms with Gasteiger partial charge in [-0.05, 0) is 41.8 Å². The van der Waals surface area contributed by atoms with Crippen molar-refractivity contribution in [1.82, 2.24) is 4.98 Å². The van der Waals surface area contributed by atoms with Crippen molar-refractivity contribution in [3.05, 3.63) is 81.3 Å². The Morgan fingerprint density at radius 1 is 1.00 bits per heavy atom. The van der Waals surface area contributed by atoms with E-state index in [0.29, 0.717) is 11.4 Å². The van der Waals surface area contributed by atoms with Crippen LogP contribution >= 0.6 is 34.3 Å². The predicted molar refractivity (Wildman–Crippen MR) is 119 cm³/mol. The SMILES string of the molecule is O=C(Cc1cccs1)Nc1ccc(-c2csc(Nc3cccc(Cl)c3)n2)cc1. The summed E-state index contributed by atoms with van der Waals surface area (Å²) < 4.78 is 0. The number of thiazole rings is 1. The predicted octanol–water partition coefficient (Wildman–Crippen LogP) is 6.45. The highest BCUT2D eigenvalue weighted by Crippen LogP contribution is 2.28. The second-order valence-corrected chi connectivity index (χ2v) is 8.38. The van der Waals surface area contributed by atoms with Crippen LogP contribution in [0.5, 0.6) is 0 Å². The van der Waals surface area contributed by atoms with Crippen molar-refractivity contribution in [3.63, 3.8) is 0 Å². The molecule has 4 aromatic rings. The summed E-state index contributed by atoms with van der Waals surface area (Å²) in [4.78, 5) is 17.8. The molecular weight excluding hydrogens is 410 g/mol. The summed E-state index contributed by atoms with van der Waals surface area (Å²) in [5.74, 6) is -0.0168. The fourth-order valence-corrected chi connectivity index (χ4v) is 4.29. The summed E-state index contributed by atoms with van der Waals surface area (Å²) >= 11 is 9.13. The molecule has 2 aromatic heterocycles. The Bertz CT molecular complexity index is 1080. The van der Waals surface area contributed by atoms with Gasteiger partial charge < -0.3 is 10.6 Å². The van der Waals surface area contributed by atoms with E-state index in [0.717, 1.165) is 32.6 Å². The average molecular weight is 426 g/mol. The van der Waals surface area contributed by atoms with Crippen LogP contribution in [0.2, 0.25) is 5.02 Å². The molecule has 0 bridgehead atoms. The molecule has 0 saturated carbocycles. The number of thiophene rings is 1. The lowest BCUT2D eigenvalue weighted by Crippen LogP contribution is -2.13. The molecule has 0 aliphatic heterocycles. The number of benzene rings is 2. The molecular formula is C21H16ClN3OS2. The largest absolute Gasteiger partial charge is 0.331 e. The van der Waals surface area contributed by atoms with Crippen molar-refractivity contribution in [2.45, 2.75) is 6.42 Å². The number of amides is 1. The highest BCUT2D eigenvalue weighted by atomic mass is 35.5. The minimum atomic E-state index is -0.0168. The maximum absolute atomic E-state index is 12.1. The minimum absolute atomic E-state index is 0.0168. The third kappa shape index (κ3) is 4.78. The number of carbonyl (C=O) groups excluding carboxylic acids is 1. The Hall–Kier alpha value is -2.67. The fraction of sp³-hybridized carbons (Fsp3) is 0.0476. The van der Waals surface area contributed by atoms with Crippen LogP contribution in [0.4, 0.5) is 16.5 Å². The van der Waals surface area contributed by atoms with Crippen molar-refractivity contribution < 1.29 is 4.79 Å². The van der Waals surface area contributed by atoms with Crippen LogP contribution in [0.15, 0.2) is 71.4 Å². The first kappa shape index (κ1) is 18.7. The third-order valence-electron chi connectivity index (χ3n) is 3.96. The molecule has 4 nitrogen and oxygen atoms in total. The van der Waals surface area contributed by atoms with Gasteiger partial charge in [-0.2, -0.15) is 0 Å². The Labute approximate surface area is 175 Å². The summed E-state index contributed by atoms with van der Waals surface area (Å²) in [5.41, 5.74) is 3.55. The van der Waals surface area contributed by atoms with Crippen molar-refractivity contribution >= 4 is 56.7 Å². The second-order valence-electron chi connectivity index (χ2n) is 6.05. The molecule has 2 aromatic carbocycles. The normalized spacial score (nSPS) is 10.6. The van der Waals surface area contributed by atoms with E-state index >= 15 is 0 Å². The van der Waals surface area contributed by atoms with Gasteiger partial charge in [0.25, 0.3) is 0 Å². The zero-order valence-electron chi connectivity index (χ0n) is 14.7. The first-order chi connectivity index (χ1) is 13.7. The van der Waals surface area contributed by atoms with Crippen LogP contribution in [0.3, 0.4) is 0 Å². The molecule has 4 rings (SSSR count). The summed E-state index contributed by atoms with van der Waals surface area (Å²) in [7, 11) is 0. The first-order valence-corrected chi connectivity index (χ1v) is 10.7. The van der Waals surface area contributed by atoms with Gasteiger partial charge in [0, 0.05) is 32.2 Å². The standard InChI is InChI=1S/C21H16ClN3OS2/c22-15-3-1-4-17(11-15)24-21-25-19(13-28-21)14-6-8-16(9-7-14)23-20(26)12-18-5-2-10-27-18/h1-11,13H,12H2,(H,23,26)(H,24,25). The van der Waals surface area contributed by atoms with Crippen LogP contribution in [0.25, 0.3) is 11.3 Å². The van der Waals surface area contributed by atoms with E-state index in [1.165, 1.54) is 11.3 Å². The van der Waals surface area contributed by atoms with E-state index in [4.69, 9.17) is 11.6 Å². The quantitative estimate of drug-likeness (QED) is 0.373. The van der Waals surface area contributed by atoms with E-state index < -0.39 is 0 Å². The number of nitrogens with zero attached hydrogens (tertiary/aromatic N) is 1. The summed E-state index contributed by atoms with van der Waals surface area (Å²) in [5, 5.41) is 11.6. The van der Waals surface area contributed by atoms with Crippen molar-refractivity contribution in [3.8, 4) is 11.3 Å². The maximum atomic E-state index is 12.1. The number of hydrogen-bond acceptors (Lipinski definition) is 5. The molecule has 0 aliphatic carbocycles. The Morgan fingerprint density at radius 3 is 2.61 bits per heavy atom. The Balaban J connectivity index is 1.40. The van der Waals surface area contributed by atoms with Crippen LogP contribution in [-0.4, -0.2) is 10.9 Å². The van der Waals surface area contributed by atoms with E-state index in [1.807, 2.05) is 71.4 Å². The van der Waals surface area contributed by atoms with Gasteiger partial charge in [-0.3, -0.25) is 4.79 Å². The number of anilines is 3. The van der Waals surface area contributed by atoms with Crippen LogP contribution in [0, 0.1) is 0 Å². The molecule has 0 fully saturated rings. The summed E-state index contributed by atoms with van der Waals surface area (Å²) in [6, 6.07) is 19.1. The van der Waals surface area contributed by atoms with E-state index in [-0.39, 0.29) is 5.91 Å². The van der Waals surface area contributed by atoms with Gasteiger partial charge in [-0.25, -0.2) is 4.98 Å². The zero-order valence-corrected chi connectivity index (χ0v) is 17.1. The Kier molecular flexibility index (Phi) is 5.71. The average Bonchev–Trinajstić information content (AvgIpc) is 3.34. The second kappa shape index (κ2) is 8.56. The van der Waals surface area contributed by atoms with Gasteiger partial charge in [0.2, 0.25) is 5.91 Å². The molecule has 0 spiro atoms. The molecule has 2 heterocycles. The van der Waals surface area contributed by atoms with Crippen LogP contribution in [0.1, 0.15) is 4.88 Å². The van der Waals surface area contributed by atoms with Crippen LogP contribution in [-0.2, 0) is 11.2 Å². The smallest absolute Gasteiger partial charge is 0.229 e. The van der Waals surface area contributed by atoms with Crippen molar-refractivity contribution in [2.75, 3.05) is 10.6 Å². The molecule has 0 radical (unpaired) electrons.